The van der Waals surface area contributed by atoms with Gasteiger partial charge in [-0.2, -0.15) is 0 Å². The van der Waals surface area contributed by atoms with Gasteiger partial charge in [0.15, 0.2) is 0 Å². The number of hydrogen-bond donors (Lipinski definition) is 2. The Bertz CT molecular complexity index is 537. The van der Waals surface area contributed by atoms with E-state index >= 15 is 0 Å². The summed E-state index contributed by atoms with van der Waals surface area (Å²) in [6.45, 7) is 0.464. The normalized spacial score (nSPS) is 75.0. The summed E-state index contributed by atoms with van der Waals surface area (Å²) < 4.78 is 0. The van der Waals surface area contributed by atoms with Gasteiger partial charge in [-0.1, -0.05) is 6.42 Å². The smallest absolute Gasteiger partial charge is 0.0605 e. The first-order chi connectivity index (χ1) is 10.8. The molecule has 7 fully saturated rings. The molecule has 7 rings (SSSR count). The van der Waals surface area contributed by atoms with Gasteiger partial charge in [-0.3, -0.25) is 0 Å². The topological polar surface area (TPSA) is 40.5 Å². The van der Waals surface area contributed by atoms with Gasteiger partial charge in [0, 0.05) is 6.61 Å². The first-order valence-electron chi connectivity index (χ1n) is 10.1. The van der Waals surface area contributed by atoms with E-state index in [0.29, 0.717) is 24.4 Å². The molecule has 0 saturated heterocycles. The Kier molecular flexibility index (Phi) is 2.02. The van der Waals surface area contributed by atoms with Crippen LogP contribution in [0.2, 0.25) is 0 Å². The maximum atomic E-state index is 11.1. The van der Waals surface area contributed by atoms with E-state index in [1.165, 1.54) is 32.1 Å². The number of hydrogen-bond acceptors (Lipinski definition) is 2. The Morgan fingerprint density at radius 3 is 2.05 bits per heavy atom. The van der Waals surface area contributed by atoms with Crippen molar-refractivity contribution in [3.8, 4) is 0 Å². The van der Waals surface area contributed by atoms with Crippen LogP contribution in [0.1, 0.15) is 32.1 Å². The Hall–Kier alpha value is -0.0800. The lowest BCUT2D eigenvalue weighted by Gasteiger charge is -2.31. The van der Waals surface area contributed by atoms with E-state index in [4.69, 9.17) is 0 Å². The summed E-state index contributed by atoms with van der Waals surface area (Å²) in [5, 5.41) is 21.4. The van der Waals surface area contributed by atoms with Crippen molar-refractivity contribution in [1.82, 2.24) is 0 Å². The molecule has 0 aliphatic heterocycles. The molecule has 22 heavy (non-hydrogen) atoms. The number of rotatable bonds is 1. The van der Waals surface area contributed by atoms with Gasteiger partial charge < -0.3 is 10.2 Å². The van der Waals surface area contributed by atoms with Crippen LogP contribution in [-0.4, -0.2) is 22.9 Å². The fraction of sp³-hybridized carbons (Fsp3) is 1.00. The van der Waals surface area contributed by atoms with E-state index in [-0.39, 0.29) is 6.10 Å². The zero-order chi connectivity index (χ0) is 14.3. The number of fused-ring (bicyclic) bond motifs is 5. The molecular weight excluding hydrogens is 272 g/mol. The lowest BCUT2D eigenvalue weighted by atomic mass is 9.75. The molecule has 0 aromatic heterocycles. The van der Waals surface area contributed by atoms with Gasteiger partial charge >= 0.3 is 0 Å². The van der Waals surface area contributed by atoms with E-state index in [1.54, 1.807) is 0 Å². The molecule has 0 unspecified atom stereocenters. The van der Waals surface area contributed by atoms with Crippen molar-refractivity contribution in [3.05, 3.63) is 0 Å². The van der Waals surface area contributed by atoms with Gasteiger partial charge in [0.2, 0.25) is 0 Å². The van der Waals surface area contributed by atoms with E-state index in [1.807, 2.05) is 0 Å². The molecule has 0 amide bonds. The Labute approximate surface area is 132 Å². The molecule has 7 aliphatic rings. The third-order valence-electron chi connectivity index (χ3n) is 10.5. The third-order valence-corrected chi connectivity index (χ3v) is 10.5. The Balaban J connectivity index is 1.46. The van der Waals surface area contributed by atoms with E-state index < -0.39 is 0 Å². The average Bonchev–Trinajstić information content (AvgIpc) is 3.26. The minimum absolute atomic E-state index is 0.0455. The predicted molar refractivity (Wildman–Crippen MR) is 81.5 cm³/mol. The second-order valence-electron chi connectivity index (χ2n) is 10.1. The van der Waals surface area contributed by atoms with Crippen molar-refractivity contribution < 1.29 is 10.2 Å². The molecule has 2 N–H and O–H groups in total. The standard InChI is InChI=1S/C20H28O2/c21-6-11-12-7-2-1-3-8(7)15-16(12)17-14(11)9-4-5-10-13(9)18(17)19(15)20(10)22/h7-22H,1-6H2/t7-,8+,9-,10-,11-,12+,13+,14+,15+,16+,17-,18-,19+,20-/m1/s1. The molecule has 0 radical (unpaired) electrons. The molecule has 14 atom stereocenters. The molecule has 2 heteroatoms. The fourth-order valence-corrected chi connectivity index (χ4v) is 10.9. The molecule has 0 aromatic carbocycles. The highest BCUT2D eigenvalue weighted by atomic mass is 16.3. The van der Waals surface area contributed by atoms with Crippen molar-refractivity contribution in [1.29, 1.82) is 0 Å². The van der Waals surface area contributed by atoms with Crippen LogP contribution < -0.4 is 0 Å². The highest BCUT2D eigenvalue weighted by molar-refractivity contribution is 5.27. The Morgan fingerprint density at radius 2 is 1.23 bits per heavy atom. The molecule has 2 nitrogen and oxygen atoms in total. The zero-order valence-corrected chi connectivity index (χ0v) is 13.2. The van der Waals surface area contributed by atoms with Gasteiger partial charge in [-0.05, 0) is 103 Å². The quantitative estimate of drug-likeness (QED) is 0.780. The van der Waals surface area contributed by atoms with Crippen LogP contribution in [0.25, 0.3) is 0 Å². The maximum absolute atomic E-state index is 11.1. The van der Waals surface area contributed by atoms with E-state index in [2.05, 4.69) is 0 Å². The van der Waals surface area contributed by atoms with Crippen molar-refractivity contribution in [2.45, 2.75) is 38.2 Å². The number of aliphatic hydroxyl groups excluding tert-OH is 2. The van der Waals surface area contributed by atoms with Crippen LogP contribution in [-0.2, 0) is 0 Å². The van der Waals surface area contributed by atoms with Crippen LogP contribution in [0.5, 0.6) is 0 Å². The van der Waals surface area contributed by atoms with Crippen molar-refractivity contribution in [2.75, 3.05) is 6.61 Å². The van der Waals surface area contributed by atoms with Crippen LogP contribution in [0, 0.1) is 76.9 Å². The molecule has 7 aliphatic carbocycles. The van der Waals surface area contributed by atoms with Crippen LogP contribution in [0.15, 0.2) is 0 Å². The number of aliphatic hydroxyl groups is 2. The molecule has 120 valence electrons. The zero-order valence-electron chi connectivity index (χ0n) is 13.2. The lowest BCUT2D eigenvalue weighted by molar-refractivity contribution is 0.0456. The minimum atomic E-state index is 0.0455. The SMILES string of the molecule is OC[C@H]1[C@@H]2[C@@H]3CC[C@H]4[C@@H](O)[C@H]5[C@H]6[C@H]7CCC[C@H]7[C@@H]1[C@@H]6[C@@H]2[C@H]5[C@H]43. The summed E-state index contributed by atoms with van der Waals surface area (Å²) in [5.74, 6) is 10.8. The second kappa shape index (κ2) is 3.61. The lowest BCUT2D eigenvalue weighted by Crippen LogP contribution is -2.30. The van der Waals surface area contributed by atoms with Crippen molar-refractivity contribution >= 4 is 0 Å². The maximum Gasteiger partial charge on any atom is 0.0605 e. The fourth-order valence-electron chi connectivity index (χ4n) is 10.9. The molecule has 7 saturated carbocycles. The first kappa shape index (κ1) is 12.3. The van der Waals surface area contributed by atoms with E-state index in [0.717, 1.165) is 59.2 Å². The van der Waals surface area contributed by atoms with Crippen LogP contribution in [0.4, 0.5) is 0 Å². The van der Waals surface area contributed by atoms with Gasteiger partial charge in [0.1, 0.15) is 0 Å². The molecule has 0 aromatic rings. The summed E-state index contributed by atoms with van der Waals surface area (Å²) in [4.78, 5) is 0. The van der Waals surface area contributed by atoms with Crippen molar-refractivity contribution in [3.63, 3.8) is 0 Å². The summed E-state index contributed by atoms with van der Waals surface area (Å²) >= 11 is 0. The van der Waals surface area contributed by atoms with E-state index in [9.17, 15) is 10.2 Å². The monoisotopic (exact) mass is 300 g/mol. The van der Waals surface area contributed by atoms with Crippen LogP contribution >= 0.6 is 0 Å². The minimum Gasteiger partial charge on any atom is -0.396 e. The average molecular weight is 300 g/mol. The van der Waals surface area contributed by atoms with Gasteiger partial charge in [0.25, 0.3) is 0 Å². The Morgan fingerprint density at radius 1 is 0.591 bits per heavy atom. The molecular formula is C20H28O2. The highest BCUT2D eigenvalue weighted by Gasteiger charge is 2.80. The predicted octanol–water partition coefficient (Wildman–Crippen LogP) is 2.40. The second-order valence-corrected chi connectivity index (χ2v) is 10.1. The summed E-state index contributed by atoms with van der Waals surface area (Å²) in [7, 11) is 0. The molecule has 0 spiro atoms. The van der Waals surface area contributed by atoms with Gasteiger partial charge in [0.05, 0.1) is 6.10 Å². The van der Waals surface area contributed by atoms with Gasteiger partial charge in [-0.25, -0.2) is 0 Å². The summed E-state index contributed by atoms with van der Waals surface area (Å²) in [5.41, 5.74) is 0. The molecule has 0 bridgehead atoms. The summed E-state index contributed by atoms with van der Waals surface area (Å²) in [6, 6.07) is 0. The van der Waals surface area contributed by atoms with Gasteiger partial charge in [-0.15, -0.1) is 0 Å². The highest BCUT2D eigenvalue weighted by Crippen LogP contribution is 2.82. The van der Waals surface area contributed by atoms with Crippen molar-refractivity contribution in [2.24, 2.45) is 76.9 Å². The summed E-state index contributed by atoms with van der Waals surface area (Å²) in [6.07, 6.45) is 7.00. The third kappa shape index (κ3) is 0.989. The molecule has 0 heterocycles. The van der Waals surface area contributed by atoms with Crippen LogP contribution in [0.3, 0.4) is 0 Å². The first-order valence-corrected chi connectivity index (χ1v) is 10.1. The largest absolute Gasteiger partial charge is 0.396 e.